The van der Waals surface area contributed by atoms with Crippen molar-refractivity contribution < 1.29 is 19.1 Å². The zero-order valence-electron chi connectivity index (χ0n) is 14.5. The minimum atomic E-state index is -0.574. The number of amides is 3. The molecule has 8 heteroatoms. The number of carbonyl (C=O) groups excluding carboxylic acids is 3. The number of nitrogens with zero attached hydrogens (tertiary/aromatic N) is 1. The van der Waals surface area contributed by atoms with Gasteiger partial charge in [-0.2, -0.15) is 0 Å². The molecule has 140 valence electrons. The highest BCUT2D eigenvalue weighted by molar-refractivity contribution is 8.01. The molecule has 0 saturated carbocycles. The highest BCUT2D eigenvalue weighted by Gasteiger charge is 2.40. The van der Waals surface area contributed by atoms with Gasteiger partial charge in [-0.3, -0.25) is 14.4 Å². The van der Waals surface area contributed by atoms with Gasteiger partial charge in [0.05, 0.1) is 23.8 Å². The smallest absolute Gasteiger partial charge is 0.247 e. The summed E-state index contributed by atoms with van der Waals surface area (Å²) in [6.45, 7) is 0. The molecule has 1 atom stereocenters. The zero-order valence-corrected chi connectivity index (χ0v) is 16.0. The average Bonchev–Trinajstić information content (AvgIpc) is 2.95. The van der Waals surface area contributed by atoms with Crippen LogP contribution in [0.25, 0.3) is 0 Å². The third-order valence-electron chi connectivity index (χ3n) is 3.98. The molecule has 0 spiro atoms. The van der Waals surface area contributed by atoms with Crippen LogP contribution in [0.2, 0.25) is 5.02 Å². The summed E-state index contributed by atoms with van der Waals surface area (Å²) in [6, 6.07) is 13.4. The van der Waals surface area contributed by atoms with Crippen LogP contribution < -0.4 is 15.0 Å². The summed E-state index contributed by atoms with van der Waals surface area (Å²) in [5.41, 5.74) is 1.12. The summed E-state index contributed by atoms with van der Waals surface area (Å²) in [7, 11) is 1.54. The Hall–Kier alpha value is -2.51. The van der Waals surface area contributed by atoms with Gasteiger partial charge in [0.25, 0.3) is 0 Å². The number of anilines is 2. The van der Waals surface area contributed by atoms with Gasteiger partial charge in [-0.05, 0) is 48.5 Å². The molecule has 2 aromatic carbocycles. The van der Waals surface area contributed by atoms with E-state index in [1.54, 1.807) is 55.6 Å². The highest BCUT2D eigenvalue weighted by atomic mass is 35.5. The lowest BCUT2D eigenvalue weighted by Gasteiger charge is -2.15. The molecule has 0 aliphatic carbocycles. The Labute approximate surface area is 165 Å². The second-order valence-corrected chi connectivity index (χ2v) is 7.45. The SMILES string of the molecule is COc1ccc(N2C(=O)CC(SCC(=O)Nc3ccc(Cl)cc3)C2=O)cc1. The van der Waals surface area contributed by atoms with E-state index >= 15 is 0 Å². The van der Waals surface area contributed by atoms with E-state index < -0.39 is 5.25 Å². The van der Waals surface area contributed by atoms with Crippen molar-refractivity contribution >= 4 is 52.5 Å². The Morgan fingerprint density at radius 1 is 1.19 bits per heavy atom. The monoisotopic (exact) mass is 404 g/mol. The molecule has 6 nitrogen and oxygen atoms in total. The maximum atomic E-state index is 12.6. The third kappa shape index (κ3) is 4.61. The zero-order chi connectivity index (χ0) is 19.4. The summed E-state index contributed by atoms with van der Waals surface area (Å²) < 4.78 is 5.08. The minimum Gasteiger partial charge on any atom is -0.497 e. The molecule has 0 bridgehead atoms. The van der Waals surface area contributed by atoms with Crippen LogP contribution in [0.5, 0.6) is 5.75 Å². The van der Waals surface area contributed by atoms with E-state index in [9.17, 15) is 14.4 Å². The predicted molar refractivity (Wildman–Crippen MR) is 106 cm³/mol. The average molecular weight is 405 g/mol. The van der Waals surface area contributed by atoms with Crippen molar-refractivity contribution in [2.75, 3.05) is 23.1 Å². The molecule has 1 saturated heterocycles. The Bertz CT molecular complexity index is 855. The van der Waals surface area contributed by atoms with Gasteiger partial charge >= 0.3 is 0 Å². The second kappa shape index (κ2) is 8.45. The van der Waals surface area contributed by atoms with Crippen molar-refractivity contribution in [1.29, 1.82) is 0 Å². The topological polar surface area (TPSA) is 75.7 Å². The number of hydrogen-bond acceptors (Lipinski definition) is 5. The van der Waals surface area contributed by atoms with Crippen molar-refractivity contribution in [3.63, 3.8) is 0 Å². The van der Waals surface area contributed by atoms with Crippen LogP contribution in [-0.2, 0) is 14.4 Å². The molecule has 1 N–H and O–H groups in total. The van der Waals surface area contributed by atoms with Crippen molar-refractivity contribution in [1.82, 2.24) is 0 Å². The number of halogens is 1. The number of rotatable bonds is 6. The van der Waals surface area contributed by atoms with Gasteiger partial charge < -0.3 is 10.1 Å². The van der Waals surface area contributed by atoms with Gasteiger partial charge in [0.15, 0.2) is 0 Å². The van der Waals surface area contributed by atoms with E-state index in [0.717, 1.165) is 16.7 Å². The summed E-state index contributed by atoms with van der Waals surface area (Å²) in [5, 5.41) is 2.74. The van der Waals surface area contributed by atoms with Crippen molar-refractivity contribution in [3.05, 3.63) is 53.6 Å². The first-order chi connectivity index (χ1) is 13.0. The predicted octanol–water partition coefficient (Wildman–Crippen LogP) is 3.35. The van der Waals surface area contributed by atoms with E-state index in [-0.39, 0.29) is 29.9 Å². The van der Waals surface area contributed by atoms with Gasteiger partial charge in [0.2, 0.25) is 17.7 Å². The van der Waals surface area contributed by atoms with E-state index in [1.807, 2.05) is 0 Å². The summed E-state index contributed by atoms with van der Waals surface area (Å²) in [5.74, 6) is -0.119. The number of benzene rings is 2. The molecule has 1 aliphatic heterocycles. The summed E-state index contributed by atoms with van der Waals surface area (Å²) in [6.07, 6.45) is 0.0732. The second-order valence-electron chi connectivity index (χ2n) is 5.82. The lowest BCUT2D eigenvalue weighted by Crippen LogP contribution is -2.31. The van der Waals surface area contributed by atoms with Crippen molar-refractivity contribution in [2.45, 2.75) is 11.7 Å². The molecular formula is C19H17ClN2O4S. The Morgan fingerprint density at radius 2 is 1.85 bits per heavy atom. The van der Waals surface area contributed by atoms with Crippen LogP contribution in [0.3, 0.4) is 0 Å². The first kappa shape index (κ1) is 19.3. The number of methoxy groups -OCH3 is 1. The Balaban J connectivity index is 1.57. The van der Waals surface area contributed by atoms with E-state index in [1.165, 1.54) is 0 Å². The number of carbonyl (C=O) groups is 3. The maximum Gasteiger partial charge on any atom is 0.247 e. The molecule has 1 heterocycles. The van der Waals surface area contributed by atoms with Gasteiger partial charge in [0, 0.05) is 17.1 Å². The van der Waals surface area contributed by atoms with Gasteiger partial charge in [0.1, 0.15) is 5.75 Å². The number of ether oxygens (including phenoxy) is 1. The van der Waals surface area contributed by atoms with Gasteiger partial charge in [-0.15, -0.1) is 11.8 Å². The van der Waals surface area contributed by atoms with Gasteiger partial charge in [-0.1, -0.05) is 11.6 Å². The summed E-state index contributed by atoms with van der Waals surface area (Å²) >= 11 is 6.97. The van der Waals surface area contributed by atoms with Gasteiger partial charge in [-0.25, -0.2) is 4.90 Å². The van der Waals surface area contributed by atoms with E-state index in [4.69, 9.17) is 16.3 Å². The Morgan fingerprint density at radius 3 is 2.48 bits per heavy atom. The lowest BCUT2D eigenvalue weighted by molar-refractivity contribution is -0.121. The molecule has 27 heavy (non-hydrogen) atoms. The first-order valence-corrected chi connectivity index (χ1v) is 9.58. The molecule has 0 radical (unpaired) electrons. The summed E-state index contributed by atoms with van der Waals surface area (Å²) in [4.78, 5) is 38.1. The molecule has 3 amide bonds. The maximum absolute atomic E-state index is 12.6. The largest absolute Gasteiger partial charge is 0.497 e. The number of nitrogens with one attached hydrogen (secondary N) is 1. The number of thioether (sulfide) groups is 1. The van der Waals surface area contributed by atoms with Crippen LogP contribution in [-0.4, -0.2) is 35.8 Å². The van der Waals surface area contributed by atoms with Crippen LogP contribution >= 0.6 is 23.4 Å². The standard InChI is InChI=1S/C19H17ClN2O4S/c1-26-15-8-6-14(7-9-15)22-18(24)10-16(19(22)25)27-11-17(23)21-13-4-2-12(20)3-5-13/h2-9,16H,10-11H2,1H3,(H,21,23). The van der Waals surface area contributed by atoms with Crippen LogP contribution in [0, 0.1) is 0 Å². The van der Waals surface area contributed by atoms with Crippen molar-refractivity contribution in [2.24, 2.45) is 0 Å². The molecule has 2 aromatic rings. The fourth-order valence-electron chi connectivity index (χ4n) is 2.64. The van der Waals surface area contributed by atoms with Crippen LogP contribution in [0.4, 0.5) is 11.4 Å². The molecule has 1 fully saturated rings. The lowest BCUT2D eigenvalue weighted by atomic mass is 10.3. The molecule has 1 unspecified atom stereocenters. The fraction of sp³-hybridized carbons (Fsp3) is 0.211. The molecular weight excluding hydrogens is 388 g/mol. The number of imide groups is 1. The molecule has 3 rings (SSSR count). The Kier molecular flexibility index (Phi) is 6.03. The highest BCUT2D eigenvalue weighted by Crippen LogP contribution is 2.30. The normalized spacial score (nSPS) is 16.5. The number of hydrogen-bond donors (Lipinski definition) is 1. The minimum absolute atomic E-state index is 0.0722. The first-order valence-electron chi connectivity index (χ1n) is 8.16. The fourth-order valence-corrected chi connectivity index (χ4v) is 3.70. The van der Waals surface area contributed by atoms with Crippen LogP contribution in [0.15, 0.2) is 48.5 Å². The van der Waals surface area contributed by atoms with E-state index in [2.05, 4.69) is 5.32 Å². The molecule has 0 aromatic heterocycles. The van der Waals surface area contributed by atoms with Crippen molar-refractivity contribution in [3.8, 4) is 5.75 Å². The van der Waals surface area contributed by atoms with E-state index in [0.29, 0.717) is 22.1 Å². The third-order valence-corrected chi connectivity index (χ3v) is 5.43. The van der Waals surface area contributed by atoms with Crippen LogP contribution in [0.1, 0.15) is 6.42 Å². The quantitative estimate of drug-likeness (QED) is 0.747. The molecule has 1 aliphatic rings.